The van der Waals surface area contributed by atoms with Crippen molar-refractivity contribution >= 4 is 34.2 Å². The largest absolute Gasteiger partial charge is 0.301 e. The number of nitrogens with zero attached hydrogens (tertiary/aromatic N) is 1. The lowest BCUT2D eigenvalue weighted by molar-refractivity contribution is 0.0982. The van der Waals surface area contributed by atoms with Crippen molar-refractivity contribution in [3.8, 4) is 0 Å². The van der Waals surface area contributed by atoms with Crippen LogP contribution in [0.1, 0.15) is 40.4 Å². The van der Waals surface area contributed by atoms with E-state index in [-0.39, 0.29) is 5.91 Å². The smallest absolute Gasteiger partial charge is 0.267 e. The molecule has 1 aromatic heterocycles. The number of thioether (sulfide) groups is 1. The van der Waals surface area contributed by atoms with Crippen molar-refractivity contribution < 1.29 is 4.79 Å². The molecule has 0 saturated heterocycles. The summed E-state index contributed by atoms with van der Waals surface area (Å²) in [6, 6.07) is 2.03. The second-order valence-corrected chi connectivity index (χ2v) is 6.37. The minimum absolute atomic E-state index is 0.00907. The normalized spacial score (nSPS) is 14.7. The molecule has 1 N–H and O–H groups in total. The maximum atomic E-state index is 12.1. The minimum atomic E-state index is -0.00907. The highest BCUT2D eigenvalue weighted by molar-refractivity contribution is 8.14. The van der Waals surface area contributed by atoms with E-state index in [0.717, 1.165) is 41.6 Å². The summed E-state index contributed by atoms with van der Waals surface area (Å²) in [5.41, 5.74) is 1.31. The molecule has 1 aromatic rings. The zero-order valence-corrected chi connectivity index (χ0v) is 12.4. The molecule has 0 radical (unpaired) electrons. The molecule has 18 heavy (non-hydrogen) atoms. The fourth-order valence-corrected chi connectivity index (χ4v) is 3.86. The molecule has 0 saturated carbocycles. The predicted molar refractivity (Wildman–Crippen MR) is 79.9 cm³/mol. The third kappa shape index (κ3) is 3.14. The van der Waals surface area contributed by atoms with Crippen molar-refractivity contribution in [2.24, 2.45) is 4.99 Å². The van der Waals surface area contributed by atoms with Crippen LogP contribution in [0.3, 0.4) is 0 Å². The van der Waals surface area contributed by atoms with E-state index in [9.17, 15) is 4.79 Å². The lowest BCUT2D eigenvalue weighted by Gasteiger charge is -2.00. The molecule has 5 heteroatoms. The van der Waals surface area contributed by atoms with Crippen LogP contribution in [0.25, 0.3) is 0 Å². The maximum absolute atomic E-state index is 12.1. The van der Waals surface area contributed by atoms with Gasteiger partial charge in [0, 0.05) is 10.6 Å². The molecule has 3 nitrogen and oxygen atoms in total. The van der Waals surface area contributed by atoms with Crippen LogP contribution in [0, 0.1) is 0 Å². The highest BCUT2D eigenvalue weighted by Crippen LogP contribution is 2.25. The summed E-state index contributed by atoms with van der Waals surface area (Å²) in [6.45, 7) is 5.12. The number of nitrogens with one attached hydrogen (secondary N) is 1. The first-order valence-electron chi connectivity index (χ1n) is 6.34. The first-order chi connectivity index (χ1) is 8.74. The molecule has 2 rings (SSSR count). The van der Waals surface area contributed by atoms with Gasteiger partial charge in [0.2, 0.25) is 0 Å². The Morgan fingerprint density at radius 2 is 2.33 bits per heavy atom. The molecule has 1 aliphatic rings. The van der Waals surface area contributed by atoms with Crippen molar-refractivity contribution in [2.45, 2.75) is 33.1 Å². The standard InChI is InChI=1S/C13H18N2OS2/c1-3-5-10-9(4-2)8-11(18-10)12(16)15-13-14-6-7-17-13/h8H,3-7H2,1-2H3,(H,14,15,16). The second kappa shape index (κ2) is 6.38. The third-order valence-electron chi connectivity index (χ3n) is 2.78. The van der Waals surface area contributed by atoms with E-state index in [1.807, 2.05) is 6.07 Å². The molecule has 0 aromatic carbocycles. The number of carbonyl (C=O) groups excluding carboxylic acids is 1. The van der Waals surface area contributed by atoms with Gasteiger partial charge in [-0.2, -0.15) is 0 Å². The molecule has 0 atom stereocenters. The zero-order valence-electron chi connectivity index (χ0n) is 10.8. The third-order valence-corrected chi connectivity index (χ3v) is 4.91. The van der Waals surface area contributed by atoms with Gasteiger partial charge in [0.15, 0.2) is 5.17 Å². The number of amides is 1. The summed E-state index contributed by atoms with van der Waals surface area (Å²) >= 11 is 3.24. The van der Waals surface area contributed by atoms with Gasteiger partial charge in [0.25, 0.3) is 5.91 Å². The van der Waals surface area contributed by atoms with Crippen LogP contribution >= 0.6 is 23.1 Å². The fourth-order valence-electron chi connectivity index (χ4n) is 1.89. The summed E-state index contributed by atoms with van der Waals surface area (Å²) < 4.78 is 0. The van der Waals surface area contributed by atoms with E-state index < -0.39 is 0 Å². The van der Waals surface area contributed by atoms with Gasteiger partial charge in [-0.1, -0.05) is 32.0 Å². The van der Waals surface area contributed by atoms with Gasteiger partial charge in [-0.3, -0.25) is 9.79 Å². The lowest BCUT2D eigenvalue weighted by Crippen LogP contribution is -2.26. The van der Waals surface area contributed by atoms with Gasteiger partial charge in [0.1, 0.15) is 0 Å². The molecule has 0 bridgehead atoms. The first kappa shape index (κ1) is 13.6. The van der Waals surface area contributed by atoms with Crippen LogP contribution in [0.2, 0.25) is 0 Å². The molecule has 98 valence electrons. The Labute approximate surface area is 116 Å². The lowest BCUT2D eigenvalue weighted by atomic mass is 10.1. The Hall–Kier alpha value is -0.810. The molecule has 0 aliphatic carbocycles. The summed E-state index contributed by atoms with van der Waals surface area (Å²) in [6.07, 6.45) is 3.18. The summed E-state index contributed by atoms with van der Waals surface area (Å²) in [5.74, 6) is 0.964. The number of hydrogen-bond donors (Lipinski definition) is 1. The SMILES string of the molecule is CCCc1sc(C(=O)NC2=NCCS2)cc1CC. The van der Waals surface area contributed by atoms with Crippen molar-refractivity contribution in [3.63, 3.8) is 0 Å². The van der Waals surface area contributed by atoms with Crippen molar-refractivity contribution in [1.82, 2.24) is 5.32 Å². The number of rotatable bonds is 4. The van der Waals surface area contributed by atoms with E-state index in [1.54, 1.807) is 23.1 Å². The Morgan fingerprint density at radius 1 is 1.50 bits per heavy atom. The Bertz CT molecular complexity index is 466. The van der Waals surface area contributed by atoms with Crippen molar-refractivity contribution in [1.29, 1.82) is 0 Å². The van der Waals surface area contributed by atoms with Crippen LogP contribution in [-0.4, -0.2) is 23.4 Å². The highest BCUT2D eigenvalue weighted by atomic mass is 32.2. The van der Waals surface area contributed by atoms with E-state index in [2.05, 4.69) is 24.2 Å². The van der Waals surface area contributed by atoms with E-state index in [0.29, 0.717) is 0 Å². The van der Waals surface area contributed by atoms with Gasteiger partial charge in [-0.25, -0.2) is 0 Å². The van der Waals surface area contributed by atoms with Crippen LogP contribution in [0.15, 0.2) is 11.1 Å². The fraction of sp³-hybridized carbons (Fsp3) is 0.538. The number of thiophene rings is 1. The number of aliphatic imine (C=N–C) groups is 1. The van der Waals surface area contributed by atoms with Crippen molar-refractivity contribution in [2.75, 3.05) is 12.3 Å². The predicted octanol–water partition coefficient (Wildman–Crippen LogP) is 3.10. The molecule has 2 heterocycles. The second-order valence-electron chi connectivity index (χ2n) is 4.15. The number of hydrogen-bond acceptors (Lipinski definition) is 4. The van der Waals surface area contributed by atoms with Gasteiger partial charge in [0.05, 0.1) is 11.4 Å². The monoisotopic (exact) mass is 282 g/mol. The Balaban J connectivity index is 2.09. The molecule has 1 amide bonds. The van der Waals surface area contributed by atoms with Crippen LogP contribution in [0.5, 0.6) is 0 Å². The number of carbonyl (C=O) groups is 1. The average Bonchev–Trinajstić information content (AvgIpc) is 2.98. The van der Waals surface area contributed by atoms with Gasteiger partial charge in [-0.15, -0.1) is 11.3 Å². The molecule has 0 unspecified atom stereocenters. The van der Waals surface area contributed by atoms with E-state index in [4.69, 9.17) is 0 Å². The molecular weight excluding hydrogens is 264 g/mol. The number of amidine groups is 1. The Kier molecular flexibility index (Phi) is 4.83. The molecular formula is C13H18N2OS2. The molecule has 0 spiro atoms. The minimum Gasteiger partial charge on any atom is -0.301 e. The molecule has 1 aliphatic heterocycles. The van der Waals surface area contributed by atoms with Crippen LogP contribution < -0.4 is 5.32 Å². The zero-order chi connectivity index (χ0) is 13.0. The summed E-state index contributed by atoms with van der Waals surface area (Å²) in [7, 11) is 0. The van der Waals surface area contributed by atoms with E-state index >= 15 is 0 Å². The van der Waals surface area contributed by atoms with Gasteiger partial charge in [-0.05, 0) is 24.5 Å². The summed E-state index contributed by atoms with van der Waals surface area (Å²) in [4.78, 5) is 18.5. The van der Waals surface area contributed by atoms with Crippen molar-refractivity contribution in [3.05, 3.63) is 21.4 Å². The topological polar surface area (TPSA) is 41.5 Å². The highest BCUT2D eigenvalue weighted by Gasteiger charge is 2.16. The van der Waals surface area contributed by atoms with E-state index in [1.165, 1.54) is 10.4 Å². The summed E-state index contributed by atoms with van der Waals surface area (Å²) in [5, 5.41) is 3.65. The van der Waals surface area contributed by atoms with Crippen LogP contribution in [-0.2, 0) is 12.8 Å². The Morgan fingerprint density at radius 3 is 2.94 bits per heavy atom. The van der Waals surface area contributed by atoms with Gasteiger partial charge >= 0.3 is 0 Å². The number of aryl methyl sites for hydroxylation is 2. The average molecular weight is 282 g/mol. The molecule has 0 fully saturated rings. The van der Waals surface area contributed by atoms with Crippen LogP contribution in [0.4, 0.5) is 0 Å². The maximum Gasteiger partial charge on any atom is 0.267 e. The quantitative estimate of drug-likeness (QED) is 0.922. The first-order valence-corrected chi connectivity index (χ1v) is 8.15. The van der Waals surface area contributed by atoms with Gasteiger partial charge < -0.3 is 5.32 Å².